The zero-order valence-electron chi connectivity index (χ0n) is 15.5. The number of carbonyl (C=O) groups is 1. The van der Waals surface area contributed by atoms with Crippen LogP contribution < -0.4 is 5.32 Å². The van der Waals surface area contributed by atoms with Gasteiger partial charge in [0.05, 0.1) is 20.1 Å². The van der Waals surface area contributed by atoms with Gasteiger partial charge in [-0.3, -0.25) is 4.79 Å². The van der Waals surface area contributed by atoms with E-state index >= 15 is 0 Å². The number of anilines is 1. The molecule has 1 aromatic heterocycles. The molecule has 2 heterocycles. The summed E-state index contributed by atoms with van der Waals surface area (Å²) in [6.45, 7) is 2.37. The van der Waals surface area contributed by atoms with E-state index in [1.165, 1.54) is 6.92 Å². The lowest BCUT2D eigenvalue weighted by Crippen LogP contribution is -2.39. The average Bonchev–Trinajstić information content (AvgIpc) is 3.12. The quantitative estimate of drug-likeness (QED) is 0.702. The Hall–Kier alpha value is -2.29. The molecule has 0 bridgehead atoms. The molecule has 6 nitrogen and oxygen atoms in total. The molecule has 1 fully saturated rings. The van der Waals surface area contributed by atoms with Crippen LogP contribution in [0.25, 0.3) is 10.2 Å². The van der Waals surface area contributed by atoms with Gasteiger partial charge in [-0.1, -0.05) is 12.1 Å². The van der Waals surface area contributed by atoms with Gasteiger partial charge < -0.3 is 5.32 Å². The van der Waals surface area contributed by atoms with Crippen molar-refractivity contribution in [2.75, 3.05) is 18.4 Å². The van der Waals surface area contributed by atoms with E-state index < -0.39 is 10.0 Å². The molecule has 4 rings (SSSR count). The predicted octanol–water partition coefficient (Wildman–Crippen LogP) is 3.82. The first-order valence-electron chi connectivity index (χ1n) is 9.17. The third-order valence-corrected chi connectivity index (χ3v) is 7.93. The largest absolute Gasteiger partial charge is 0.326 e. The molecule has 1 saturated heterocycles. The fourth-order valence-corrected chi connectivity index (χ4v) is 6.11. The minimum absolute atomic E-state index is 0.111. The highest BCUT2D eigenvalue weighted by molar-refractivity contribution is 7.89. The van der Waals surface area contributed by atoms with Gasteiger partial charge in [0.25, 0.3) is 0 Å². The Balaban J connectivity index is 1.55. The van der Waals surface area contributed by atoms with Crippen molar-refractivity contribution >= 4 is 43.2 Å². The number of thiazole rings is 1. The first-order valence-corrected chi connectivity index (χ1v) is 11.4. The smallest absolute Gasteiger partial charge is 0.243 e. The number of aromatic nitrogens is 1. The van der Waals surface area contributed by atoms with E-state index in [1.54, 1.807) is 39.9 Å². The van der Waals surface area contributed by atoms with Crippen LogP contribution in [0, 0.1) is 0 Å². The second-order valence-corrected chi connectivity index (χ2v) is 9.93. The molecule has 1 atom stereocenters. The number of rotatable bonds is 4. The molecular weight excluding hydrogens is 394 g/mol. The van der Waals surface area contributed by atoms with Gasteiger partial charge in [-0.05, 0) is 49.2 Å². The molecule has 1 unspecified atom stereocenters. The minimum Gasteiger partial charge on any atom is -0.326 e. The summed E-state index contributed by atoms with van der Waals surface area (Å²) < 4.78 is 28.9. The number of fused-ring (bicyclic) bond motifs is 1. The Morgan fingerprint density at radius 3 is 2.64 bits per heavy atom. The van der Waals surface area contributed by atoms with Crippen LogP contribution in [0.2, 0.25) is 0 Å². The van der Waals surface area contributed by atoms with Crippen LogP contribution in [-0.4, -0.2) is 36.7 Å². The van der Waals surface area contributed by atoms with Crippen LogP contribution in [-0.2, 0) is 14.8 Å². The molecule has 1 aliphatic heterocycles. The lowest BCUT2D eigenvalue weighted by molar-refractivity contribution is -0.114. The fourth-order valence-electron chi connectivity index (χ4n) is 3.49. The van der Waals surface area contributed by atoms with Gasteiger partial charge in [0.15, 0.2) is 0 Å². The van der Waals surface area contributed by atoms with Crippen LogP contribution in [0.3, 0.4) is 0 Å². The number of para-hydroxylation sites is 1. The number of nitrogens with one attached hydrogen (secondary N) is 1. The van der Waals surface area contributed by atoms with Crippen LogP contribution in [0.4, 0.5) is 5.69 Å². The number of hydrogen-bond acceptors (Lipinski definition) is 5. The molecular formula is C20H21N3O3S2. The van der Waals surface area contributed by atoms with Crippen LogP contribution in [0.15, 0.2) is 53.4 Å². The zero-order chi connectivity index (χ0) is 19.7. The van der Waals surface area contributed by atoms with Crippen LogP contribution in [0.5, 0.6) is 0 Å². The average molecular weight is 416 g/mol. The molecule has 0 aliphatic carbocycles. The summed E-state index contributed by atoms with van der Waals surface area (Å²) >= 11 is 1.65. The summed E-state index contributed by atoms with van der Waals surface area (Å²) in [6.07, 6.45) is 1.75. The minimum atomic E-state index is -3.58. The molecule has 2 aromatic carbocycles. The maximum absolute atomic E-state index is 13.1. The van der Waals surface area contributed by atoms with Crippen molar-refractivity contribution in [2.24, 2.45) is 0 Å². The Labute approximate surface area is 168 Å². The SMILES string of the molecule is CC(=O)Nc1ccc(S(=O)(=O)N2CCCC(c3nc4ccccc4s3)C2)cc1. The second-order valence-electron chi connectivity index (χ2n) is 6.93. The Bertz CT molecular complexity index is 1070. The molecule has 146 valence electrons. The molecule has 3 aromatic rings. The highest BCUT2D eigenvalue weighted by atomic mass is 32.2. The molecule has 8 heteroatoms. The van der Waals surface area contributed by atoms with Crippen molar-refractivity contribution in [3.63, 3.8) is 0 Å². The van der Waals surface area contributed by atoms with Gasteiger partial charge in [-0.15, -0.1) is 11.3 Å². The number of sulfonamides is 1. The van der Waals surface area contributed by atoms with E-state index in [2.05, 4.69) is 5.32 Å². The van der Waals surface area contributed by atoms with Crippen LogP contribution >= 0.6 is 11.3 Å². The normalized spacial score (nSPS) is 18.2. The highest BCUT2D eigenvalue weighted by Gasteiger charge is 2.32. The van der Waals surface area contributed by atoms with Gasteiger partial charge in [0.1, 0.15) is 0 Å². The van der Waals surface area contributed by atoms with Gasteiger partial charge in [0.2, 0.25) is 15.9 Å². The molecule has 0 radical (unpaired) electrons. The van der Waals surface area contributed by atoms with E-state index in [1.807, 2.05) is 24.3 Å². The van der Waals surface area contributed by atoms with E-state index in [-0.39, 0.29) is 16.7 Å². The van der Waals surface area contributed by atoms with Crippen molar-refractivity contribution in [2.45, 2.75) is 30.6 Å². The van der Waals surface area contributed by atoms with Crippen molar-refractivity contribution in [1.82, 2.24) is 9.29 Å². The third-order valence-electron chi connectivity index (χ3n) is 4.86. The summed E-state index contributed by atoms with van der Waals surface area (Å²) in [5.41, 5.74) is 1.55. The number of hydrogen-bond donors (Lipinski definition) is 1. The number of piperidine rings is 1. The number of amides is 1. The maximum atomic E-state index is 13.1. The Morgan fingerprint density at radius 1 is 1.18 bits per heavy atom. The topological polar surface area (TPSA) is 79.4 Å². The van der Waals surface area contributed by atoms with Crippen molar-refractivity contribution < 1.29 is 13.2 Å². The van der Waals surface area contributed by atoms with E-state index in [0.717, 1.165) is 28.1 Å². The predicted molar refractivity (Wildman–Crippen MR) is 111 cm³/mol. The van der Waals surface area contributed by atoms with E-state index in [9.17, 15) is 13.2 Å². The van der Waals surface area contributed by atoms with Crippen LogP contribution in [0.1, 0.15) is 30.7 Å². The number of carbonyl (C=O) groups excluding carboxylic acids is 1. The molecule has 1 N–H and O–H groups in total. The van der Waals surface area contributed by atoms with Crippen molar-refractivity contribution in [3.8, 4) is 0 Å². The van der Waals surface area contributed by atoms with Gasteiger partial charge in [0, 0.05) is 31.6 Å². The number of nitrogens with zero attached hydrogens (tertiary/aromatic N) is 2. The summed E-state index contributed by atoms with van der Waals surface area (Å²) in [5.74, 6) is -0.0788. The van der Waals surface area contributed by atoms with Crippen molar-refractivity contribution in [3.05, 3.63) is 53.5 Å². The molecule has 0 saturated carbocycles. The molecule has 1 amide bonds. The van der Waals surface area contributed by atoms with E-state index in [4.69, 9.17) is 4.98 Å². The zero-order valence-corrected chi connectivity index (χ0v) is 17.1. The first-order chi connectivity index (χ1) is 13.4. The summed E-state index contributed by atoms with van der Waals surface area (Å²) in [5, 5.41) is 3.65. The Morgan fingerprint density at radius 2 is 1.93 bits per heavy atom. The van der Waals surface area contributed by atoms with E-state index in [0.29, 0.717) is 18.8 Å². The molecule has 1 aliphatic rings. The second kappa shape index (κ2) is 7.62. The summed E-state index contributed by atoms with van der Waals surface area (Å²) in [6, 6.07) is 14.3. The molecule has 28 heavy (non-hydrogen) atoms. The standard InChI is InChI=1S/C20H21N3O3S2/c1-14(24)21-16-8-10-17(11-9-16)28(25,26)23-12-4-5-15(13-23)20-22-18-6-2-3-7-19(18)27-20/h2-3,6-11,15H,4-5,12-13H2,1H3,(H,21,24). The maximum Gasteiger partial charge on any atom is 0.243 e. The molecule has 0 spiro atoms. The van der Waals surface area contributed by atoms with Gasteiger partial charge in [-0.2, -0.15) is 4.31 Å². The first kappa shape index (κ1) is 19.0. The van der Waals surface area contributed by atoms with Gasteiger partial charge >= 0.3 is 0 Å². The lowest BCUT2D eigenvalue weighted by atomic mass is 10.0. The Kier molecular flexibility index (Phi) is 5.18. The number of benzene rings is 2. The van der Waals surface area contributed by atoms with Crippen molar-refractivity contribution in [1.29, 1.82) is 0 Å². The van der Waals surface area contributed by atoms with Gasteiger partial charge in [-0.25, -0.2) is 13.4 Å². The lowest BCUT2D eigenvalue weighted by Gasteiger charge is -2.31. The summed E-state index contributed by atoms with van der Waals surface area (Å²) in [4.78, 5) is 16.1. The summed E-state index contributed by atoms with van der Waals surface area (Å²) in [7, 11) is -3.58. The monoisotopic (exact) mass is 415 g/mol. The highest BCUT2D eigenvalue weighted by Crippen LogP contribution is 2.34. The third kappa shape index (κ3) is 3.80. The fraction of sp³-hybridized carbons (Fsp3) is 0.300.